The maximum atomic E-state index is 11.1. The molecule has 0 unspecified atom stereocenters. The molecule has 0 saturated heterocycles. The number of esters is 1. The van der Waals surface area contributed by atoms with E-state index in [1.54, 1.807) is 26.0 Å². The van der Waals surface area contributed by atoms with Crippen molar-refractivity contribution in [1.82, 2.24) is 4.98 Å². The Morgan fingerprint density at radius 1 is 1.47 bits per heavy atom. The molecule has 0 aromatic carbocycles. The van der Waals surface area contributed by atoms with Gasteiger partial charge in [-0.05, 0) is 26.0 Å². The van der Waals surface area contributed by atoms with Crippen LogP contribution in [0.3, 0.4) is 0 Å². The van der Waals surface area contributed by atoms with E-state index in [0.29, 0.717) is 18.1 Å². The first-order valence-corrected chi connectivity index (χ1v) is 5.63. The summed E-state index contributed by atoms with van der Waals surface area (Å²) in [6.07, 6.45) is 1.23. The minimum atomic E-state index is -0.469. The van der Waals surface area contributed by atoms with Crippen molar-refractivity contribution in [2.24, 2.45) is 0 Å². The normalized spacial score (nSPS) is 11.2. The first-order chi connectivity index (χ1) is 8.02. The zero-order chi connectivity index (χ0) is 12.8. The van der Waals surface area contributed by atoms with Gasteiger partial charge >= 0.3 is 5.97 Å². The van der Waals surface area contributed by atoms with Gasteiger partial charge in [0.05, 0.1) is 12.7 Å². The molecule has 0 amide bonds. The summed E-state index contributed by atoms with van der Waals surface area (Å²) < 4.78 is 10.1. The third-order valence-electron chi connectivity index (χ3n) is 1.66. The predicted molar refractivity (Wildman–Crippen MR) is 65.3 cm³/mol. The lowest BCUT2D eigenvalue weighted by Gasteiger charge is -2.07. The molecule has 0 radical (unpaired) electrons. The van der Waals surface area contributed by atoms with E-state index in [1.807, 2.05) is 0 Å². The first kappa shape index (κ1) is 13.8. The third-order valence-corrected chi connectivity index (χ3v) is 2.14. The molecular formula is C11H11Cl2NO3. The molecule has 0 atom stereocenters. The van der Waals surface area contributed by atoms with Crippen molar-refractivity contribution in [3.8, 4) is 5.75 Å². The van der Waals surface area contributed by atoms with Crippen LogP contribution >= 0.6 is 23.2 Å². The lowest BCUT2D eigenvalue weighted by molar-refractivity contribution is -0.137. The highest BCUT2D eigenvalue weighted by Gasteiger charge is 2.06. The van der Waals surface area contributed by atoms with Gasteiger partial charge < -0.3 is 9.47 Å². The van der Waals surface area contributed by atoms with Crippen LogP contribution in [-0.4, -0.2) is 17.6 Å². The van der Waals surface area contributed by atoms with E-state index in [9.17, 15) is 4.79 Å². The van der Waals surface area contributed by atoms with Crippen molar-refractivity contribution >= 4 is 29.2 Å². The molecule has 0 aliphatic rings. The van der Waals surface area contributed by atoms with Gasteiger partial charge in [-0.2, -0.15) is 0 Å². The monoisotopic (exact) mass is 275 g/mol. The van der Waals surface area contributed by atoms with Gasteiger partial charge in [-0.1, -0.05) is 23.2 Å². The van der Waals surface area contributed by atoms with Gasteiger partial charge in [0.1, 0.15) is 10.9 Å². The molecular weight excluding hydrogens is 265 g/mol. The molecule has 4 nitrogen and oxygen atoms in total. The Morgan fingerprint density at radius 2 is 2.18 bits per heavy atom. The summed E-state index contributed by atoms with van der Waals surface area (Å²) in [5.74, 6) is 0.214. The van der Waals surface area contributed by atoms with Gasteiger partial charge in [-0.25, -0.2) is 9.78 Å². The summed E-state index contributed by atoms with van der Waals surface area (Å²) in [6.45, 7) is 3.65. The molecule has 0 aliphatic heterocycles. The molecule has 92 valence electrons. The second-order valence-electron chi connectivity index (χ2n) is 3.03. The van der Waals surface area contributed by atoms with Gasteiger partial charge in [0.2, 0.25) is 0 Å². The van der Waals surface area contributed by atoms with Crippen LogP contribution in [0.4, 0.5) is 0 Å². The maximum absolute atomic E-state index is 11.1. The average molecular weight is 276 g/mol. The van der Waals surface area contributed by atoms with Crippen LogP contribution < -0.4 is 4.74 Å². The smallest absolute Gasteiger partial charge is 0.334 e. The van der Waals surface area contributed by atoms with E-state index >= 15 is 0 Å². The lowest BCUT2D eigenvalue weighted by atomic mass is 10.4. The fourth-order valence-electron chi connectivity index (χ4n) is 1.03. The average Bonchev–Trinajstić information content (AvgIpc) is 2.22. The SMILES string of the molecule is CCOC(=O)C=C(C)Oc1ccc(Cl)nc1Cl. The van der Waals surface area contributed by atoms with Crippen LogP contribution in [-0.2, 0) is 9.53 Å². The van der Waals surface area contributed by atoms with Crippen molar-refractivity contribution in [3.05, 3.63) is 34.3 Å². The van der Waals surface area contributed by atoms with Crippen molar-refractivity contribution in [2.75, 3.05) is 6.61 Å². The van der Waals surface area contributed by atoms with Gasteiger partial charge in [0.25, 0.3) is 0 Å². The van der Waals surface area contributed by atoms with Crippen LogP contribution in [0.15, 0.2) is 24.0 Å². The molecule has 0 aliphatic carbocycles. The highest BCUT2D eigenvalue weighted by Crippen LogP contribution is 2.25. The Morgan fingerprint density at radius 3 is 2.76 bits per heavy atom. The molecule has 0 bridgehead atoms. The zero-order valence-corrected chi connectivity index (χ0v) is 10.9. The van der Waals surface area contributed by atoms with Crippen LogP contribution in [0.2, 0.25) is 10.3 Å². The molecule has 0 saturated carbocycles. The summed E-state index contributed by atoms with van der Waals surface area (Å²) >= 11 is 11.4. The number of ether oxygens (including phenoxy) is 2. The first-order valence-electron chi connectivity index (χ1n) is 4.88. The number of aromatic nitrogens is 1. The van der Waals surface area contributed by atoms with Crippen molar-refractivity contribution < 1.29 is 14.3 Å². The number of halogens is 2. The van der Waals surface area contributed by atoms with E-state index < -0.39 is 5.97 Å². The van der Waals surface area contributed by atoms with Gasteiger partial charge in [-0.3, -0.25) is 0 Å². The van der Waals surface area contributed by atoms with Crippen LogP contribution in [0.1, 0.15) is 13.8 Å². The van der Waals surface area contributed by atoms with Crippen LogP contribution in [0, 0.1) is 0 Å². The quantitative estimate of drug-likeness (QED) is 0.366. The minimum Gasteiger partial charge on any atom is -0.463 e. The summed E-state index contributed by atoms with van der Waals surface area (Å²) in [5, 5.41) is 0.406. The third kappa shape index (κ3) is 4.63. The fourth-order valence-corrected chi connectivity index (χ4v) is 1.41. The summed E-state index contributed by atoms with van der Waals surface area (Å²) in [7, 11) is 0. The Balaban J connectivity index is 2.74. The summed E-state index contributed by atoms with van der Waals surface area (Å²) in [6, 6.07) is 3.11. The van der Waals surface area contributed by atoms with Gasteiger partial charge in [0, 0.05) is 0 Å². The highest BCUT2D eigenvalue weighted by atomic mass is 35.5. The van der Waals surface area contributed by atoms with Crippen molar-refractivity contribution in [1.29, 1.82) is 0 Å². The molecule has 17 heavy (non-hydrogen) atoms. The molecule has 1 rings (SSSR count). The molecule has 1 aromatic heterocycles. The Bertz CT molecular complexity index is 446. The fraction of sp³-hybridized carbons (Fsp3) is 0.273. The molecule has 0 N–H and O–H groups in total. The predicted octanol–water partition coefficient (Wildman–Crippen LogP) is 3.23. The number of allylic oxidation sites excluding steroid dienone is 1. The van der Waals surface area contributed by atoms with E-state index in [2.05, 4.69) is 4.98 Å². The summed E-state index contributed by atoms with van der Waals surface area (Å²) in [4.78, 5) is 14.9. The number of hydrogen-bond acceptors (Lipinski definition) is 4. The van der Waals surface area contributed by atoms with Crippen LogP contribution in [0.5, 0.6) is 5.75 Å². The van der Waals surface area contributed by atoms with E-state index in [1.165, 1.54) is 6.08 Å². The zero-order valence-electron chi connectivity index (χ0n) is 9.37. The standard InChI is InChI=1S/C11H11Cl2NO3/c1-3-16-10(15)6-7(2)17-8-4-5-9(12)14-11(8)13/h4-6H,3H2,1-2H3. The summed E-state index contributed by atoms with van der Waals surface area (Å²) in [5.41, 5.74) is 0. The number of rotatable bonds is 4. The topological polar surface area (TPSA) is 48.4 Å². The van der Waals surface area contributed by atoms with E-state index in [0.717, 1.165) is 0 Å². The second kappa shape index (κ2) is 6.47. The maximum Gasteiger partial charge on any atom is 0.334 e. The Labute approximate surface area is 109 Å². The number of pyridine rings is 1. The van der Waals surface area contributed by atoms with Gasteiger partial charge in [0.15, 0.2) is 10.9 Å². The van der Waals surface area contributed by atoms with Crippen molar-refractivity contribution in [2.45, 2.75) is 13.8 Å². The van der Waals surface area contributed by atoms with Crippen LogP contribution in [0.25, 0.3) is 0 Å². The van der Waals surface area contributed by atoms with E-state index in [4.69, 9.17) is 32.7 Å². The lowest BCUT2D eigenvalue weighted by Crippen LogP contribution is -2.03. The largest absolute Gasteiger partial charge is 0.463 e. The van der Waals surface area contributed by atoms with E-state index in [-0.39, 0.29) is 10.3 Å². The Hall–Kier alpha value is -1.26. The Kier molecular flexibility index (Phi) is 5.25. The second-order valence-corrected chi connectivity index (χ2v) is 3.78. The molecule has 1 heterocycles. The molecule has 0 fully saturated rings. The molecule has 0 spiro atoms. The molecule has 1 aromatic rings. The van der Waals surface area contributed by atoms with Crippen molar-refractivity contribution in [3.63, 3.8) is 0 Å². The number of carbonyl (C=O) groups excluding carboxylic acids is 1. The highest BCUT2D eigenvalue weighted by molar-refractivity contribution is 6.33. The number of hydrogen-bond donors (Lipinski definition) is 0. The minimum absolute atomic E-state index is 0.133. The van der Waals surface area contributed by atoms with Gasteiger partial charge in [-0.15, -0.1) is 0 Å². The number of nitrogens with zero attached hydrogens (tertiary/aromatic N) is 1. The molecule has 6 heteroatoms. The number of carbonyl (C=O) groups is 1.